The molecule has 0 spiro atoms. The van der Waals surface area contributed by atoms with Crippen LogP contribution in [0.15, 0.2) is 48.7 Å². The van der Waals surface area contributed by atoms with Crippen molar-refractivity contribution in [2.45, 2.75) is 12.8 Å². The lowest BCUT2D eigenvalue weighted by Gasteiger charge is -2.25. The van der Waals surface area contributed by atoms with Gasteiger partial charge < -0.3 is 14.2 Å². The number of benzene rings is 2. The maximum Gasteiger partial charge on any atom is 0.130 e. The number of rotatable bonds is 3. The molecule has 108 valence electrons. The first-order valence-electron chi connectivity index (χ1n) is 6.92. The lowest BCUT2D eigenvalue weighted by Crippen LogP contribution is -2.08. The molecule has 0 fully saturated rings. The highest BCUT2D eigenvalue weighted by atomic mass is 16.5. The fourth-order valence-corrected chi connectivity index (χ4v) is 2.68. The summed E-state index contributed by atoms with van der Waals surface area (Å²) >= 11 is 0. The van der Waals surface area contributed by atoms with Crippen LogP contribution in [0.3, 0.4) is 0 Å². The second-order valence-electron chi connectivity index (χ2n) is 5.02. The fraction of sp³-hybridized carbons (Fsp3) is 0.222. The van der Waals surface area contributed by atoms with Crippen molar-refractivity contribution < 1.29 is 14.2 Å². The minimum absolute atomic E-state index is 0.247. The molecule has 1 aliphatic rings. The van der Waals surface area contributed by atoms with E-state index in [0.717, 1.165) is 28.4 Å². The van der Waals surface area contributed by atoms with Crippen LogP contribution >= 0.6 is 0 Å². The van der Waals surface area contributed by atoms with E-state index < -0.39 is 0 Å². The SMILES string of the molecule is COc1ccc(C2=COc3ccccc3C2C)c(OC)c1. The summed E-state index contributed by atoms with van der Waals surface area (Å²) in [4.78, 5) is 0. The highest BCUT2D eigenvalue weighted by Crippen LogP contribution is 2.43. The molecule has 2 aromatic carbocycles. The lowest BCUT2D eigenvalue weighted by atomic mass is 9.87. The molecule has 3 rings (SSSR count). The van der Waals surface area contributed by atoms with Crippen LogP contribution in [0.5, 0.6) is 17.2 Å². The molecule has 1 atom stereocenters. The van der Waals surface area contributed by atoms with Crippen molar-refractivity contribution >= 4 is 5.57 Å². The lowest BCUT2D eigenvalue weighted by molar-refractivity contribution is 0.392. The van der Waals surface area contributed by atoms with Gasteiger partial charge in [0, 0.05) is 28.7 Å². The maximum absolute atomic E-state index is 5.77. The van der Waals surface area contributed by atoms with Crippen molar-refractivity contribution in [3.05, 3.63) is 59.9 Å². The summed E-state index contributed by atoms with van der Waals surface area (Å²) in [5.41, 5.74) is 3.32. The average molecular weight is 282 g/mol. The minimum Gasteiger partial charge on any atom is -0.497 e. The smallest absolute Gasteiger partial charge is 0.130 e. The molecule has 0 aromatic heterocycles. The van der Waals surface area contributed by atoms with E-state index in [4.69, 9.17) is 14.2 Å². The average Bonchev–Trinajstić information content (AvgIpc) is 2.55. The zero-order valence-electron chi connectivity index (χ0n) is 12.4. The first kappa shape index (κ1) is 13.6. The Bertz CT molecular complexity index is 689. The first-order valence-corrected chi connectivity index (χ1v) is 6.92. The van der Waals surface area contributed by atoms with Crippen LogP contribution in [0.25, 0.3) is 5.57 Å². The van der Waals surface area contributed by atoms with Gasteiger partial charge in [-0.2, -0.15) is 0 Å². The third-order valence-corrected chi connectivity index (χ3v) is 3.88. The van der Waals surface area contributed by atoms with Crippen molar-refractivity contribution in [3.63, 3.8) is 0 Å². The van der Waals surface area contributed by atoms with Crippen LogP contribution in [-0.2, 0) is 0 Å². The standard InChI is InChI=1S/C18H18O3/c1-12-14-6-4-5-7-17(14)21-11-16(12)15-9-8-13(19-2)10-18(15)20-3/h4-12H,1-3H3. The summed E-state index contributed by atoms with van der Waals surface area (Å²) in [5, 5.41) is 0. The Morgan fingerprint density at radius 2 is 1.81 bits per heavy atom. The highest BCUT2D eigenvalue weighted by Gasteiger charge is 2.24. The van der Waals surface area contributed by atoms with Crippen LogP contribution in [0.4, 0.5) is 0 Å². The number of methoxy groups -OCH3 is 2. The molecule has 1 heterocycles. The van der Waals surface area contributed by atoms with Crippen molar-refractivity contribution in [2.24, 2.45) is 0 Å². The van der Waals surface area contributed by atoms with Crippen LogP contribution < -0.4 is 14.2 Å². The third-order valence-electron chi connectivity index (χ3n) is 3.88. The quantitative estimate of drug-likeness (QED) is 0.842. The molecule has 0 N–H and O–H groups in total. The van der Waals surface area contributed by atoms with E-state index in [1.54, 1.807) is 14.2 Å². The van der Waals surface area contributed by atoms with Crippen LogP contribution in [-0.4, -0.2) is 14.2 Å². The Morgan fingerprint density at radius 1 is 1.00 bits per heavy atom. The third kappa shape index (κ3) is 2.35. The number of para-hydroxylation sites is 1. The summed E-state index contributed by atoms with van der Waals surface area (Å²) < 4.78 is 16.5. The summed E-state index contributed by atoms with van der Waals surface area (Å²) in [5.74, 6) is 2.73. The molecule has 0 bridgehead atoms. The molecule has 0 amide bonds. The maximum atomic E-state index is 5.77. The van der Waals surface area contributed by atoms with Gasteiger partial charge in [0.1, 0.15) is 17.2 Å². The highest BCUT2D eigenvalue weighted by molar-refractivity contribution is 5.77. The topological polar surface area (TPSA) is 27.7 Å². The van der Waals surface area contributed by atoms with Gasteiger partial charge in [-0.15, -0.1) is 0 Å². The molecule has 2 aromatic rings. The van der Waals surface area contributed by atoms with Gasteiger partial charge in [-0.05, 0) is 18.2 Å². The van der Waals surface area contributed by atoms with E-state index in [9.17, 15) is 0 Å². The first-order chi connectivity index (χ1) is 10.2. The van der Waals surface area contributed by atoms with E-state index >= 15 is 0 Å². The number of allylic oxidation sites excluding steroid dienone is 1. The Balaban J connectivity index is 2.04. The molecule has 3 heteroatoms. The molecule has 1 unspecified atom stereocenters. The predicted octanol–water partition coefficient (Wildman–Crippen LogP) is 4.24. The van der Waals surface area contributed by atoms with Crippen molar-refractivity contribution in [3.8, 4) is 17.2 Å². The monoisotopic (exact) mass is 282 g/mol. The molecule has 0 aliphatic carbocycles. The predicted molar refractivity (Wildman–Crippen MR) is 83.0 cm³/mol. The van der Waals surface area contributed by atoms with Crippen molar-refractivity contribution in [2.75, 3.05) is 14.2 Å². The second kappa shape index (κ2) is 5.52. The van der Waals surface area contributed by atoms with Gasteiger partial charge in [-0.1, -0.05) is 25.1 Å². The summed E-state index contributed by atoms with van der Waals surface area (Å²) in [6.07, 6.45) is 1.82. The molecule has 21 heavy (non-hydrogen) atoms. The molecule has 3 nitrogen and oxygen atoms in total. The summed E-state index contributed by atoms with van der Waals surface area (Å²) in [7, 11) is 3.32. The molecule has 0 radical (unpaired) electrons. The Labute approximate surface area is 124 Å². The Kier molecular flexibility index (Phi) is 3.57. The summed E-state index contributed by atoms with van der Waals surface area (Å²) in [6.45, 7) is 2.18. The van der Waals surface area contributed by atoms with Gasteiger partial charge in [-0.25, -0.2) is 0 Å². The van der Waals surface area contributed by atoms with Gasteiger partial charge in [-0.3, -0.25) is 0 Å². The van der Waals surface area contributed by atoms with E-state index in [1.807, 2.05) is 42.7 Å². The van der Waals surface area contributed by atoms with E-state index in [1.165, 1.54) is 5.56 Å². The second-order valence-corrected chi connectivity index (χ2v) is 5.02. The molecule has 0 saturated heterocycles. The van der Waals surface area contributed by atoms with Crippen LogP contribution in [0, 0.1) is 0 Å². The van der Waals surface area contributed by atoms with E-state index in [2.05, 4.69) is 13.0 Å². The van der Waals surface area contributed by atoms with E-state index in [-0.39, 0.29) is 5.92 Å². The fourth-order valence-electron chi connectivity index (χ4n) is 2.68. The summed E-state index contributed by atoms with van der Waals surface area (Å²) in [6, 6.07) is 13.9. The molecular formula is C18H18O3. The zero-order chi connectivity index (χ0) is 14.8. The zero-order valence-corrected chi connectivity index (χ0v) is 12.4. The number of hydrogen-bond donors (Lipinski definition) is 0. The normalized spacial score (nSPS) is 16.5. The molecule has 1 aliphatic heterocycles. The number of fused-ring (bicyclic) bond motifs is 1. The largest absolute Gasteiger partial charge is 0.497 e. The van der Waals surface area contributed by atoms with Crippen molar-refractivity contribution in [1.82, 2.24) is 0 Å². The number of hydrogen-bond acceptors (Lipinski definition) is 3. The van der Waals surface area contributed by atoms with Gasteiger partial charge in [0.25, 0.3) is 0 Å². The van der Waals surface area contributed by atoms with Crippen LogP contribution in [0.1, 0.15) is 24.0 Å². The molecule has 0 saturated carbocycles. The number of ether oxygens (including phenoxy) is 3. The molecular weight excluding hydrogens is 264 g/mol. The van der Waals surface area contributed by atoms with Crippen LogP contribution in [0.2, 0.25) is 0 Å². The van der Waals surface area contributed by atoms with Gasteiger partial charge in [0.15, 0.2) is 0 Å². The Hall–Kier alpha value is -2.42. The Morgan fingerprint density at radius 3 is 2.57 bits per heavy atom. The van der Waals surface area contributed by atoms with Gasteiger partial charge in [0.05, 0.1) is 20.5 Å². The minimum atomic E-state index is 0.247. The van der Waals surface area contributed by atoms with Crippen molar-refractivity contribution in [1.29, 1.82) is 0 Å². The van der Waals surface area contributed by atoms with Gasteiger partial charge >= 0.3 is 0 Å². The van der Waals surface area contributed by atoms with E-state index in [0.29, 0.717) is 0 Å². The van der Waals surface area contributed by atoms with Gasteiger partial charge in [0.2, 0.25) is 0 Å².